The van der Waals surface area contributed by atoms with Gasteiger partial charge in [0.05, 0.1) is 19.4 Å². The second kappa shape index (κ2) is 10.5. The van der Waals surface area contributed by atoms with E-state index in [-0.39, 0.29) is 0 Å². The molecule has 4 aromatic rings. The topological polar surface area (TPSA) is 18.5 Å². The molecule has 1 fully saturated rings. The fraction of sp³-hybridized carbons (Fsp3) is 0.226. The van der Waals surface area contributed by atoms with E-state index >= 15 is 0 Å². The molecule has 2 nitrogen and oxygen atoms in total. The molecule has 34 heavy (non-hydrogen) atoms. The molecule has 1 aliphatic carbocycles. The quantitative estimate of drug-likeness (QED) is 0.275. The van der Waals surface area contributed by atoms with Crippen LogP contribution >= 0.6 is 7.26 Å². The predicted molar refractivity (Wildman–Crippen MR) is 145 cm³/mol. The van der Waals surface area contributed by atoms with E-state index in [2.05, 4.69) is 109 Å². The highest BCUT2D eigenvalue weighted by atomic mass is 31.2. The first kappa shape index (κ1) is 22.7. The van der Waals surface area contributed by atoms with E-state index in [0.717, 1.165) is 30.5 Å². The summed E-state index contributed by atoms with van der Waals surface area (Å²) in [6, 6.07) is 39.6. The van der Waals surface area contributed by atoms with Crippen molar-refractivity contribution < 1.29 is 9.47 Å². The molecule has 0 aliphatic heterocycles. The van der Waals surface area contributed by atoms with Gasteiger partial charge in [0.25, 0.3) is 0 Å². The van der Waals surface area contributed by atoms with Gasteiger partial charge in [0.2, 0.25) is 0 Å². The van der Waals surface area contributed by atoms with Crippen molar-refractivity contribution in [3.8, 4) is 11.5 Å². The largest absolute Gasteiger partial charge is 0.493 e. The number of hydrogen-bond acceptors (Lipinski definition) is 2. The highest BCUT2D eigenvalue weighted by Crippen LogP contribution is 2.58. The fourth-order valence-corrected chi connectivity index (χ4v) is 9.37. The molecule has 0 radical (unpaired) electrons. The molecule has 0 unspecified atom stereocenters. The van der Waals surface area contributed by atoms with Gasteiger partial charge in [-0.3, -0.25) is 0 Å². The van der Waals surface area contributed by atoms with E-state index in [1.165, 1.54) is 34.3 Å². The number of methoxy groups -OCH3 is 1. The van der Waals surface area contributed by atoms with Gasteiger partial charge >= 0.3 is 0 Å². The first-order valence-corrected chi connectivity index (χ1v) is 14.2. The smallest absolute Gasteiger partial charge is 0.161 e. The third-order valence-corrected chi connectivity index (χ3v) is 11.2. The maximum atomic E-state index is 6.46. The molecule has 5 rings (SSSR count). The van der Waals surface area contributed by atoms with Gasteiger partial charge in [-0.15, -0.1) is 0 Å². The van der Waals surface area contributed by atoms with Crippen LogP contribution in [0.3, 0.4) is 0 Å². The number of hydrogen-bond donors (Lipinski definition) is 0. The molecule has 4 aromatic carbocycles. The standard InChI is InChI=1S/C31H32O2P/c1-32-30-22-21-25(23-31(30)33-26-13-11-12-14-26)24-34(27-15-5-2-6-16-27,28-17-7-3-8-18-28)29-19-9-4-10-20-29/h2-10,15-23,26H,11-14,24H2,1H3/q+1. The SMILES string of the molecule is COc1ccc(C[P+](c2ccccc2)(c2ccccc2)c2ccccc2)cc1OC1CCCC1. The summed E-state index contributed by atoms with van der Waals surface area (Å²) in [6.45, 7) is 0. The lowest BCUT2D eigenvalue weighted by atomic mass is 10.2. The third-order valence-electron chi connectivity index (χ3n) is 6.83. The highest BCUT2D eigenvalue weighted by molar-refractivity contribution is 7.95. The lowest BCUT2D eigenvalue weighted by molar-refractivity contribution is 0.200. The minimum atomic E-state index is -1.95. The van der Waals surface area contributed by atoms with Gasteiger partial charge in [-0.05, 0) is 79.8 Å². The van der Waals surface area contributed by atoms with Crippen molar-refractivity contribution in [2.24, 2.45) is 0 Å². The first-order chi connectivity index (χ1) is 16.8. The Hall–Kier alpha value is -3.09. The van der Waals surface area contributed by atoms with Crippen molar-refractivity contribution in [1.82, 2.24) is 0 Å². The van der Waals surface area contributed by atoms with Crippen LogP contribution in [-0.4, -0.2) is 13.2 Å². The van der Waals surface area contributed by atoms with E-state index in [1.807, 2.05) is 0 Å². The Labute approximate surface area is 203 Å². The zero-order valence-electron chi connectivity index (χ0n) is 19.8. The van der Waals surface area contributed by atoms with Crippen LogP contribution in [0.4, 0.5) is 0 Å². The van der Waals surface area contributed by atoms with Crippen molar-refractivity contribution in [2.75, 3.05) is 7.11 Å². The summed E-state index contributed by atoms with van der Waals surface area (Å²) in [6.07, 6.45) is 5.97. The molecule has 1 aliphatic rings. The second-order valence-electron chi connectivity index (χ2n) is 8.98. The first-order valence-electron chi connectivity index (χ1n) is 12.2. The minimum Gasteiger partial charge on any atom is -0.493 e. The number of benzene rings is 4. The van der Waals surface area contributed by atoms with Gasteiger partial charge in [-0.25, -0.2) is 0 Å². The summed E-state index contributed by atoms with van der Waals surface area (Å²) in [4.78, 5) is 0. The van der Waals surface area contributed by atoms with Gasteiger partial charge in [-0.2, -0.15) is 0 Å². The van der Waals surface area contributed by atoms with Crippen molar-refractivity contribution in [3.63, 3.8) is 0 Å². The Morgan fingerprint density at radius 3 is 1.62 bits per heavy atom. The molecule has 0 atom stereocenters. The Bertz CT molecular complexity index is 1090. The molecule has 0 spiro atoms. The average Bonchev–Trinajstić information content (AvgIpc) is 3.42. The van der Waals surface area contributed by atoms with Gasteiger partial charge in [0.15, 0.2) is 11.5 Å². The second-order valence-corrected chi connectivity index (χ2v) is 12.5. The zero-order chi connectivity index (χ0) is 23.2. The third kappa shape index (κ3) is 4.61. The van der Waals surface area contributed by atoms with Crippen LogP contribution in [0.15, 0.2) is 109 Å². The van der Waals surface area contributed by atoms with Crippen molar-refractivity contribution in [3.05, 3.63) is 115 Å². The lowest BCUT2D eigenvalue weighted by Crippen LogP contribution is -2.32. The molecule has 0 heterocycles. The molecule has 172 valence electrons. The molecule has 1 saturated carbocycles. The summed E-state index contributed by atoms with van der Waals surface area (Å²) in [5.41, 5.74) is 1.28. The summed E-state index contributed by atoms with van der Waals surface area (Å²) in [7, 11) is -0.223. The normalized spacial score (nSPS) is 14.1. The summed E-state index contributed by atoms with van der Waals surface area (Å²) < 4.78 is 12.1. The predicted octanol–water partition coefficient (Wildman–Crippen LogP) is 6.51. The maximum Gasteiger partial charge on any atom is 0.161 e. The summed E-state index contributed by atoms with van der Waals surface area (Å²) in [5.74, 6) is 1.69. The maximum absolute atomic E-state index is 6.46. The van der Waals surface area contributed by atoms with E-state index in [0.29, 0.717) is 6.10 Å². The van der Waals surface area contributed by atoms with Crippen LogP contribution < -0.4 is 25.4 Å². The summed E-state index contributed by atoms with van der Waals surface area (Å²) >= 11 is 0. The fourth-order valence-electron chi connectivity index (χ4n) is 5.14. The molecular weight excluding hydrogens is 435 g/mol. The zero-order valence-corrected chi connectivity index (χ0v) is 20.7. The van der Waals surface area contributed by atoms with Crippen LogP contribution in [0.1, 0.15) is 31.2 Å². The van der Waals surface area contributed by atoms with Gasteiger partial charge in [0.1, 0.15) is 23.2 Å². The van der Waals surface area contributed by atoms with Crippen LogP contribution in [0, 0.1) is 0 Å². The Morgan fingerprint density at radius 2 is 1.15 bits per heavy atom. The Kier molecular flexibility index (Phi) is 6.97. The van der Waals surface area contributed by atoms with Gasteiger partial charge < -0.3 is 9.47 Å². The van der Waals surface area contributed by atoms with Gasteiger partial charge in [0, 0.05) is 0 Å². The molecule has 0 N–H and O–H groups in total. The van der Waals surface area contributed by atoms with Crippen LogP contribution in [-0.2, 0) is 6.16 Å². The molecule has 0 amide bonds. The van der Waals surface area contributed by atoms with Gasteiger partial charge in [-0.1, -0.05) is 60.7 Å². The molecule has 0 bridgehead atoms. The van der Waals surface area contributed by atoms with E-state index < -0.39 is 7.26 Å². The lowest BCUT2D eigenvalue weighted by Gasteiger charge is -2.28. The van der Waals surface area contributed by atoms with Crippen LogP contribution in [0.25, 0.3) is 0 Å². The van der Waals surface area contributed by atoms with Crippen molar-refractivity contribution >= 4 is 23.2 Å². The number of rotatable bonds is 8. The molecule has 3 heteroatoms. The van der Waals surface area contributed by atoms with E-state index in [4.69, 9.17) is 9.47 Å². The van der Waals surface area contributed by atoms with Crippen LogP contribution in [0.2, 0.25) is 0 Å². The average molecular weight is 468 g/mol. The summed E-state index contributed by atoms with van der Waals surface area (Å²) in [5, 5.41) is 4.17. The van der Waals surface area contributed by atoms with E-state index in [1.54, 1.807) is 7.11 Å². The van der Waals surface area contributed by atoms with Crippen molar-refractivity contribution in [2.45, 2.75) is 37.9 Å². The Balaban J connectivity index is 1.65. The minimum absolute atomic E-state index is 0.293. The monoisotopic (exact) mass is 467 g/mol. The number of ether oxygens (including phenoxy) is 2. The van der Waals surface area contributed by atoms with Crippen LogP contribution in [0.5, 0.6) is 11.5 Å². The molecule has 0 aromatic heterocycles. The van der Waals surface area contributed by atoms with E-state index in [9.17, 15) is 0 Å². The Morgan fingerprint density at radius 1 is 0.647 bits per heavy atom. The molecular formula is C31H32O2P+. The van der Waals surface area contributed by atoms with Crippen molar-refractivity contribution in [1.29, 1.82) is 0 Å². The highest BCUT2D eigenvalue weighted by Gasteiger charge is 2.45. The molecule has 0 saturated heterocycles.